The highest BCUT2D eigenvalue weighted by molar-refractivity contribution is 8.18. The van der Waals surface area contributed by atoms with Crippen LogP contribution in [0.2, 0.25) is 0 Å². The summed E-state index contributed by atoms with van der Waals surface area (Å²) in [6.45, 7) is 6.38. The minimum Gasteiger partial charge on any atom is -0.348 e. The maximum absolute atomic E-state index is 12.8. The lowest BCUT2D eigenvalue weighted by Crippen LogP contribution is -2.49. The van der Waals surface area contributed by atoms with Gasteiger partial charge in [0.25, 0.3) is 5.91 Å². The van der Waals surface area contributed by atoms with Gasteiger partial charge in [-0.05, 0) is 43.8 Å². The van der Waals surface area contributed by atoms with Crippen LogP contribution < -0.4 is 0 Å². The van der Waals surface area contributed by atoms with Gasteiger partial charge in [-0.2, -0.15) is 14.4 Å². The second-order valence-corrected chi connectivity index (χ2v) is 9.99. The molecule has 1 aromatic heterocycles. The van der Waals surface area contributed by atoms with Crippen LogP contribution in [0, 0.1) is 6.92 Å². The zero-order chi connectivity index (χ0) is 21.3. The van der Waals surface area contributed by atoms with Crippen molar-refractivity contribution in [3.8, 4) is 0 Å². The van der Waals surface area contributed by atoms with Crippen LogP contribution >= 0.6 is 11.8 Å². The van der Waals surface area contributed by atoms with Gasteiger partial charge >= 0.3 is 0 Å². The molecule has 158 valence electrons. The Kier molecular flexibility index (Phi) is 5.81. The fourth-order valence-corrected chi connectivity index (χ4v) is 5.77. The summed E-state index contributed by atoms with van der Waals surface area (Å²) >= 11 is 1.33. The number of nitrogens with zero attached hydrogens (tertiary/aromatic N) is 5. The van der Waals surface area contributed by atoms with Crippen molar-refractivity contribution in [3.05, 3.63) is 52.7 Å². The third kappa shape index (κ3) is 4.07. The minimum atomic E-state index is -3.50. The van der Waals surface area contributed by atoms with Gasteiger partial charge in [0.2, 0.25) is 10.0 Å². The molecule has 1 aromatic carbocycles. The number of hydrogen-bond donors (Lipinski definition) is 0. The molecule has 10 heteroatoms. The molecule has 0 spiro atoms. The van der Waals surface area contributed by atoms with E-state index in [-0.39, 0.29) is 5.91 Å². The van der Waals surface area contributed by atoms with Crippen molar-refractivity contribution < 1.29 is 13.2 Å². The Morgan fingerprint density at radius 3 is 2.47 bits per heavy atom. The predicted molar refractivity (Wildman–Crippen MR) is 117 cm³/mol. The zero-order valence-corrected chi connectivity index (χ0v) is 18.5. The second kappa shape index (κ2) is 8.37. The maximum Gasteiger partial charge on any atom is 0.286 e. The first kappa shape index (κ1) is 20.8. The third-order valence-corrected chi connectivity index (χ3v) is 8.05. The van der Waals surface area contributed by atoms with Crippen LogP contribution in [0.25, 0.3) is 6.08 Å². The molecule has 1 fully saturated rings. The topological polar surface area (TPSA) is 87.9 Å². The number of aryl methyl sites for hydroxylation is 2. The lowest BCUT2D eigenvalue weighted by molar-refractivity contribution is -0.113. The molecular weight excluding hydrogens is 422 g/mol. The van der Waals surface area contributed by atoms with Crippen molar-refractivity contribution in [2.24, 2.45) is 4.99 Å². The number of amides is 1. The summed E-state index contributed by atoms with van der Waals surface area (Å²) in [5.41, 5.74) is 1.77. The molecule has 8 nitrogen and oxygen atoms in total. The summed E-state index contributed by atoms with van der Waals surface area (Å²) in [6, 6.07) is 8.45. The zero-order valence-electron chi connectivity index (χ0n) is 16.9. The molecule has 4 rings (SSSR count). The molecule has 0 N–H and O–H groups in total. The van der Waals surface area contributed by atoms with E-state index in [2.05, 4.69) is 10.1 Å². The number of hydrogen-bond acceptors (Lipinski definition) is 6. The van der Waals surface area contributed by atoms with E-state index in [1.165, 1.54) is 16.1 Å². The van der Waals surface area contributed by atoms with Gasteiger partial charge < -0.3 is 4.90 Å². The lowest BCUT2D eigenvalue weighted by atomic mass is 10.2. The summed E-state index contributed by atoms with van der Waals surface area (Å²) in [5.74, 6) is -0.266. The molecule has 3 heterocycles. The molecule has 1 saturated heterocycles. The van der Waals surface area contributed by atoms with Crippen molar-refractivity contribution in [1.29, 1.82) is 0 Å². The Labute approximate surface area is 180 Å². The minimum absolute atomic E-state index is 0.266. The van der Waals surface area contributed by atoms with Crippen LogP contribution in [0.5, 0.6) is 0 Å². The predicted octanol–water partition coefficient (Wildman–Crippen LogP) is 2.19. The van der Waals surface area contributed by atoms with E-state index in [9.17, 15) is 13.2 Å². The monoisotopic (exact) mass is 445 g/mol. The molecule has 0 aliphatic carbocycles. The van der Waals surface area contributed by atoms with Crippen LogP contribution in [0.15, 0.2) is 51.3 Å². The molecule has 0 radical (unpaired) electrons. The first-order valence-corrected chi connectivity index (χ1v) is 12.0. The number of carbonyl (C=O) groups is 1. The van der Waals surface area contributed by atoms with Crippen LogP contribution in [0.3, 0.4) is 0 Å². The number of aromatic nitrogens is 2. The van der Waals surface area contributed by atoms with E-state index >= 15 is 0 Å². The van der Waals surface area contributed by atoms with Gasteiger partial charge in [-0.1, -0.05) is 18.2 Å². The van der Waals surface area contributed by atoms with Gasteiger partial charge in [0.05, 0.1) is 15.5 Å². The third-order valence-electron chi connectivity index (χ3n) is 5.09. The Bertz CT molecular complexity index is 1110. The summed E-state index contributed by atoms with van der Waals surface area (Å²) in [4.78, 5) is 19.4. The summed E-state index contributed by atoms with van der Waals surface area (Å²) in [5, 5.41) is 5.03. The van der Waals surface area contributed by atoms with Crippen LogP contribution in [0.4, 0.5) is 0 Å². The lowest BCUT2D eigenvalue weighted by Gasteiger charge is -2.34. The fourth-order valence-electron chi connectivity index (χ4n) is 3.37. The van der Waals surface area contributed by atoms with E-state index in [0.29, 0.717) is 41.1 Å². The number of carbonyl (C=O) groups excluding carboxylic acids is 1. The van der Waals surface area contributed by atoms with Crippen LogP contribution in [-0.4, -0.2) is 64.7 Å². The molecule has 0 atom stereocenters. The number of piperazine rings is 1. The second-order valence-electron chi connectivity index (χ2n) is 7.04. The molecule has 0 bridgehead atoms. The molecule has 0 unspecified atom stereocenters. The molecule has 2 aromatic rings. The number of benzene rings is 1. The normalized spacial score (nSPS) is 19.5. The van der Waals surface area contributed by atoms with Gasteiger partial charge in [-0.15, -0.1) is 0 Å². The summed E-state index contributed by atoms with van der Waals surface area (Å²) < 4.78 is 28.9. The number of amidine groups is 1. The van der Waals surface area contributed by atoms with E-state index in [0.717, 1.165) is 17.8 Å². The van der Waals surface area contributed by atoms with E-state index in [4.69, 9.17) is 0 Å². The van der Waals surface area contributed by atoms with Crippen molar-refractivity contribution in [3.63, 3.8) is 0 Å². The Morgan fingerprint density at radius 2 is 1.83 bits per heavy atom. The van der Waals surface area contributed by atoms with Gasteiger partial charge in [-0.3, -0.25) is 9.48 Å². The van der Waals surface area contributed by atoms with Crippen LogP contribution in [-0.2, 0) is 21.4 Å². The average Bonchev–Trinajstić information content (AvgIpc) is 3.31. The molecule has 2 aliphatic rings. The van der Waals surface area contributed by atoms with Crippen molar-refractivity contribution in [2.45, 2.75) is 25.3 Å². The van der Waals surface area contributed by atoms with E-state index in [1.807, 2.05) is 35.7 Å². The SMILES string of the molecule is CCn1cc(/C=C2\SC(N3CCN(S(=O)(=O)c4ccccc4)CC3)=NC2=O)c(C)n1. The summed E-state index contributed by atoms with van der Waals surface area (Å²) in [7, 11) is -3.50. The molecule has 1 amide bonds. The highest BCUT2D eigenvalue weighted by Crippen LogP contribution is 2.31. The van der Waals surface area contributed by atoms with Crippen molar-refractivity contribution in [2.75, 3.05) is 26.2 Å². The molecule has 0 saturated carbocycles. The Balaban J connectivity index is 1.42. The number of sulfonamides is 1. The fraction of sp³-hybridized carbons (Fsp3) is 0.350. The van der Waals surface area contributed by atoms with Crippen LogP contribution in [0.1, 0.15) is 18.2 Å². The highest BCUT2D eigenvalue weighted by Gasteiger charge is 2.32. The number of aliphatic imine (C=N–C) groups is 1. The molecule has 30 heavy (non-hydrogen) atoms. The van der Waals surface area contributed by atoms with E-state index < -0.39 is 10.0 Å². The average molecular weight is 446 g/mol. The van der Waals surface area contributed by atoms with Gasteiger partial charge in [0, 0.05) is 44.5 Å². The molecular formula is C20H23N5O3S2. The largest absolute Gasteiger partial charge is 0.348 e. The smallest absolute Gasteiger partial charge is 0.286 e. The van der Waals surface area contributed by atoms with Gasteiger partial charge in [-0.25, -0.2) is 8.42 Å². The van der Waals surface area contributed by atoms with Gasteiger partial charge in [0.15, 0.2) is 5.17 Å². The van der Waals surface area contributed by atoms with Gasteiger partial charge in [0.1, 0.15) is 0 Å². The number of rotatable bonds is 4. The Hall–Kier alpha value is -2.43. The number of thioether (sulfide) groups is 1. The maximum atomic E-state index is 12.8. The van der Waals surface area contributed by atoms with Crippen molar-refractivity contribution >= 4 is 38.9 Å². The van der Waals surface area contributed by atoms with E-state index in [1.54, 1.807) is 30.3 Å². The summed E-state index contributed by atoms with van der Waals surface area (Å²) in [6.07, 6.45) is 3.75. The quantitative estimate of drug-likeness (QED) is 0.671. The first-order chi connectivity index (χ1) is 14.4. The first-order valence-electron chi connectivity index (χ1n) is 9.75. The highest BCUT2D eigenvalue weighted by atomic mass is 32.2. The molecule has 2 aliphatic heterocycles. The Morgan fingerprint density at radius 1 is 1.13 bits per heavy atom. The standard InChI is InChI=1S/C20H23N5O3S2/c1-3-24-14-16(15(2)22-24)13-18-19(26)21-20(29-18)23-9-11-25(12-10-23)30(27,28)17-7-5-4-6-8-17/h4-8,13-14H,3,9-12H2,1-2H3/b18-13-. The van der Waals surface area contributed by atoms with Crippen molar-refractivity contribution in [1.82, 2.24) is 19.0 Å².